The molecule has 8 heteroatoms. The smallest absolute Gasteiger partial charge is 0.387 e. The number of hydrogen-bond donors (Lipinski definition) is 2. The zero-order chi connectivity index (χ0) is 23.4. The number of carboxylic acids is 1. The van der Waals surface area contributed by atoms with Gasteiger partial charge in [-0.3, -0.25) is 4.79 Å². The zero-order valence-electron chi connectivity index (χ0n) is 18.3. The molecule has 0 bridgehead atoms. The second-order valence-electron chi connectivity index (χ2n) is 8.90. The predicted molar refractivity (Wildman–Crippen MR) is 120 cm³/mol. The second kappa shape index (κ2) is 7.95. The molecule has 0 amide bonds. The van der Waals surface area contributed by atoms with Crippen molar-refractivity contribution in [2.45, 2.75) is 57.8 Å². The molecular formula is C25H24F2N2O4. The second-order valence-corrected chi connectivity index (χ2v) is 8.90. The van der Waals surface area contributed by atoms with E-state index in [2.05, 4.69) is 19.2 Å². The lowest BCUT2D eigenvalue weighted by Gasteiger charge is -2.30. The summed E-state index contributed by atoms with van der Waals surface area (Å²) in [6.07, 6.45) is 2.80. The molecule has 0 radical (unpaired) electrons. The standard InChI is InChI=1S/C25H24F2N2O4/c1-12-13(2)28-10-15-9-14(3-6-17(12)15)18-7-8-19-21(23(18)33-25(26)27)29(16-4-5-16)11-20(22(19)30)24(31)32/h3,6-9,11-13,16,25,28H,4-5,10H2,1-2H3,(H,31,32)/t12-,13+/m0/s1. The van der Waals surface area contributed by atoms with Crippen molar-refractivity contribution in [3.05, 3.63) is 63.4 Å². The Morgan fingerprint density at radius 1 is 1.21 bits per heavy atom. The van der Waals surface area contributed by atoms with Crippen molar-refractivity contribution in [3.8, 4) is 16.9 Å². The Labute approximate surface area is 188 Å². The van der Waals surface area contributed by atoms with Crippen molar-refractivity contribution in [2.24, 2.45) is 0 Å². The SMILES string of the molecule is C[C@@H]1c2ccc(-c3ccc4c(=O)c(C(=O)O)cn(C5CC5)c4c3OC(F)F)cc2CN[C@@H]1C. The molecule has 2 N–H and O–H groups in total. The third-order valence-electron chi connectivity index (χ3n) is 6.83. The average Bonchev–Trinajstić information content (AvgIpc) is 3.61. The fraction of sp³-hybridized carbons (Fsp3) is 0.360. The number of benzene rings is 2. The highest BCUT2D eigenvalue weighted by Crippen LogP contribution is 2.44. The van der Waals surface area contributed by atoms with Crippen LogP contribution < -0.4 is 15.5 Å². The van der Waals surface area contributed by atoms with E-state index >= 15 is 0 Å². The van der Waals surface area contributed by atoms with E-state index in [9.17, 15) is 23.5 Å². The summed E-state index contributed by atoms with van der Waals surface area (Å²) in [6.45, 7) is 1.84. The van der Waals surface area contributed by atoms with Gasteiger partial charge in [-0.05, 0) is 60.6 Å². The molecular weight excluding hydrogens is 430 g/mol. The Hall–Kier alpha value is -3.26. The lowest BCUT2D eigenvalue weighted by Crippen LogP contribution is -2.35. The molecule has 0 spiro atoms. The Bertz CT molecular complexity index is 1330. The summed E-state index contributed by atoms with van der Waals surface area (Å²) >= 11 is 0. The quantitative estimate of drug-likeness (QED) is 0.573. The minimum atomic E-state index is -3.10. The van der Waals surface area contributed by atoms with Crippen LogP contribution in [0.15, 0.2) is 41.3 Å². The van der Waals surface area contributed by atoms with Gasteiger partial charge in [0.1, 0.15) is 5.56 Å². The van der Waals surface area contributed by atoms with E-state index in [1.54, 1.807) is 10.6 Å². The topological polar surface area (TPSA) is 80.6 Å². The van der Waals surface area contributed by atoms with Gasteiger partial charge in [0.2, 0.25) is 5.43 Å². The largest absolute Gasteiger partial charge is 0.477 e. The van der Waals surface area contributed by atoms with E-state index in [0.29, 0.717) is 29.6 Å². The van der Waals surface area contributed by atoms with Gasteiger partial charge in [-0.15, -0.1) is 0 Å². The third kappa shape index (κ3) is 3.68. The number of aromatic nitrogens is 1. The van der Waals surface area contributed by atoms with Crippen molar-refractivity contribution in [2.75, 3.05) is 0 Å². The van der Waals surface area contributed by atoms with Crippen LogP contribution in [0, 0.1) is 0 Å². The highest BCUT2D eigenvalue weighted by molar-refractivity contribution is 5.97. The number of ether oxygens (including phenoxy) is 1. The minimum absolute atomic E-state index is 0.0586. The number of carbonyl (C=O) groups is 1. The Kier molecular flexibility index (Phi) is 5.20. The van der Waals surface area contributed by atoms with Crippen molar-refractivity contribution in [1.29, 1.82) is 0 Å². The number of rotatable bonds is 5. The number of pyridine rings is 1. The van der Waals surface area contributed by atoms with Gasteiger partial charge in [0.05, 0.1) is 10.9 Å². The monoisotopic (exact) mass is 454 g/mol. The molecule has 0 unspecified atom stereocenters. The number of fused-ring (bicyclic) bond motifs is 2. The molecule has 172 valence electrons. The third-order valence-corrected chi connectivity index (χ3v) is 6.83. The van der Waals surface area contributed by atoms with E-state index in [-0.39, 0.29) is 28.3 Å². The molecule has 1 aromatic heterocycles. The van der Waals surface area contributed by atoms with Crippen LogP contribution in [-0.2, 0) is 6.54 Å². The number of hydrogen-bond acceptors (Lipinski definition) is 4. The molecule has 1 aliphatic carbocycles. The maximum atomic E-state index is 13.6. The van der Waals surface area contributed by atoms with Crippen LogP contribution in [-0.4, -0.2) is 28.3 Å². The van der Waals surface area contributed by atoms with Crippen LogP contribution in [0.1, 0.15) is 60.1 Å². The molecule has 0 saturated heterocycles. The van der Waals surface area contributed by atoms with Gasteiger partial charge in [0.15, 0.2) is 5.75 Å². The molecule has 1 aliphatic heterocycles. The van der Waals surface area contributed by atoms with Gasteiger partial charge in [0.25, 0.3) is 0 Å². The van der Waals surface area contributed by atoms with Gasteiger partial charge < -0.3 is 19.7 Å². The minimum Gasteiger partial charge on any atom is -0.477 e. The number of aromatic carboxylic acids is 1. The Balaban J connectivity index is 1.77. The van der Waals surface area contributed by atoms with E-state index in [0.717, 1.165) is 18.4 Å². The summed E-state index contributed by atoms with van der Waals surface area (Å²) < 4.78 is 33.7. The van der Waals surface area contributed by atoms with Crippen LogP contribution in [0.2, 0.25) is 0 Å². The number of alkyl halides is 2. The summed E-state index contributed by atoms with van der Waals surface area (Å²) in [7, 11) is 0. The van der Waals surface area contributed by atoms with Gasteiger partial charge in [-0.2, -0.15) is 8.78 Å². The summed E-state index contributed by atoms with van der Waals surface area (Å²) in [6, 6.07) is 9.22. The molecule has 2 atom stereocenters. The van der Waals surface area contributed by atoms with Crippen molar-refractivity contribution < 1.29 is 23.4 Å². The van der Waals surface area contributed by atoms with Gasteiger partial charge >= 0.3 is 12.6 Å². The molecule has 1 saturated carbocycles. The fourth-order valence-corrected chi connectivity index (χ4v) is 4.73. The molecule has 6 nitrogen and oxygen atoms in total. The Morgan fingerprint density at radius 2 is 1.97 bits per heavy atom. The number of halogens is 2. The molecule has 2 heterocycles. The number of nitrogens with zero attached hydrogens (tertiary/aromatic N) is 1. The number of nitrogens with one attached hydrogen (secondary N) is 1. The highest BCUT2D eigenvalue weighted by atomic mass is 19.3. The fourth-order valence-electron chi connectivity index (χ4n) is 4.73. The summed E-state index contributed by atoms with van der Waals surface area (Å²) in [5.41, 5.74) is 2.56. The summed E-state index contributed by atoms with van der Waals surface area (Å²) in [4.78, 5) is 24.5. The molecule has 5 rings (SSSR count). The molecule has 1 fully saturated rings. The molecule has 2 aliphatic rings. The lowest BCUT2D eigenvalue weighted by atomic mass is 9.85. The first-order valence-electron chi connectivity index (χ1n) is 11.0. The number of carboxylic acid groups (broad SMARTS) is 1. The van der Waals surface area contributed by atoms with E-state index in [1.807, 2.05) is 18.2 Å². The van der Waals surface area contributed by atoms with Gasteiger partial charge in [0, 0.05) is 30.4 Å². The van der Waals surface area contributed by atoms with Crippen molar-refractivity contribution in [3.63, 3.8) is 0 Å². The molecule has 2 aromatic carbocycles. The normalized spacial score (nSPS) is 20.2. The van der Waals surface area contributed by atoms with E-state index in [4.69, 9.17) is 4.74 Å². The first-order chi connectivity index (χ1) is 15.8. The van der Waals surface area contributed by atoms with Crippen LogP contribution in [0.3, 0.4) is 0 Å². The van der Waals surface area contributed by atoms with Crippen LogP contribution in [0.5, 0.6) is 5.75 Å². The first kappa shape index (κ1) is 21.6. The molecule has 3 aromatic rings. The Morgan fingerprint density at radius 3 is 2.64 bits per heavy atom. The predicted octanol–water partition coefficient (Wildman–Crippen LogP) is 4.90. The lowest BCUT2D eigenvalue weighted by molar-refractivity contribution is -0.0486. The van der Waals surface area contributed by atoms with Gasteiger partial charge in [-0.25, -0.2) is 4.79 Å². The highest BCUT2D eigenvalue weighted by Gasteiger charge is 2.30. The summed E-state index contributed by atoms with van der Waals surface area (Å²) in [5.74, 6) is -1.14. The van der Waals surface area contributed by atoms with Crippen LogP contribution >= 0.6 is 0 Å². The van der Waals surface area contributed by atoms with E-state index < -0.39 is 18.0 Å². The van der Waals surface area contributed by atoms with E-state index in [1.165, 1.54) is 17.8 Å². The maximum absolute atomic E-state index is 13.6. The first-order valence-corrected chi connectivity index (χ1v) is 11.0. The maximum Gasteiger partial charge on any atom is 0.387 e. The van der Waals surface area contributed by atoms with Crippen LogP contribution in [0.25, 0.3) is 22.0 Å². The van der Waals surface area contributed by atoms with Crippen LogP contribution in [0.4, 0.5) is 8.78 Å². The average molecular weight is 454 g/mol. The zero-order valence-corrected chi connectivity index (χ0v) is 18.3. The van der Waals surface area contributed by atoms with Crippen molar-refractivity contribution in [1.82, 2.24) is 9.88 Å². The van der Waals surface area contributed by atoms with Crippen molar-refractivity contribution >= 4 is 16.9 Å². The molecule has 33 heavy (non-hydrogen) atoms. The summed E-state index contributed by atoms with van der Waals surface area (Å²) in [5, 5.41) is 13.0. The van der Waals surface area contributed by atoms with Gasteiger partial charge in [-0.1, -0.05) is 19.1 Å².